The van der Waals surface area contributed by atoms with Gasteiger partial charge in [-0.15, -0.1) is 0 Å². The number of rotatable bonds is 5. The van der Waals surface area contributed by atoms with Gasteiger partial charge in [-0.05, 0) is 43.6 Å². The van der Waals surface area contributed by atoms with Crippen LogP contribution in [0.25, 0.3) is 0 Å². The fraction of sp³-hybridized carbons (Fsp3) is 0.538. The first-order valence-corrected chi connectivity index (χ1v) is 6.79. The van der Waals surface area contributed by atoms with Crippen LogP contribution in [0.3, 0.4) is 0 Å². The lowest BCUT2D eigenvalue weighted by Crippen LogP contribution is -2.23. The molecule has 0 bridgehead atoms. The Hall–Kier alpha value is -0.480. The first kappa shape index (κ1) is 13.9. The van der Waals surface area contributed by atoms with Crippen molar-refractivity contribution in [3.05, 3.63) is 28.2 Å². The lowest BCUT2D eigenvalue weighted by molar-refractivity contribution is -0.0662. The molecule has 1 aromatic carbocycles. The molecule has 2 atom stereocenters. The van der Waals surface area contributed by atoms with Gasteiger partial charge in [0.25, 0.3) is 0 Å². The molecule has 1 aliphatic heterocycles. The van der Waals surface area contributed by atoms with Crippen molar-refractivity contribution in [3.63, 3.8) is 0 Å². The highest BCUT2D eigenvalue weighted by molar-refractivity contribution is 6.34. The number of ether oxygens (including phenoxy) is 2. The van der Waals surface area contributed by atoms with E-state index >= 15 is 0 Å². The second-order valence-electron chi connectivity index (χ2n) is 4.48. The monoisotopic (exact) mass is 289 g/mol. The summed E-state index contributed by atoms with van der Waals surface area (Å²) in [4.78, 5) is 0. The van der Waals surface area contributed by atoms with Crippen molar-refractivity contribution in [1.82, 2.24) is 5.32 Å². The second kappa shape index (κ2) is 6.62. The highest BCUT2D eigenvalue weighted by Gasteiger charge is 2.21. The van der Waals surface area contributed by atoms with Crippen LogP contribution in [0, 0.1) is 5.92 Å². The molecule has 1 saturated heterocycles. The number of methoxy groups -OCH3 is 1. The molecule has 1 heterocycles. The first-order chi connectivity index (χ1) is 8.67. The van der Waals surface area contributed by atoms with E-state index in [2.05, 4.69) is 5.32 Å². The van der Waals surface area contributed by atoms with Crippen LogP contribution in [0.15, 0.2) is 18.2 Å². The van der Waals surface area contributed by atoms with E-state index in [1.54, 1.807) is 25.3 Å². The minimum atomic E-state index is -0.260. The minimum absolute atomic E-state index is 0.260. The summed E-state index contributed by atoms with van der Waals surface area (Å²) in [5, 5.41) is 4.46. The predicted octanol–water partition coefficient (Wildman–Crippen LogP) is 3.34. The SMILES string of the molecule is COC(CC1CCNC1)Oc1cc(Cl)cc(Cl)c1. The van der Waals surface area contributed by atoms with Crippen LogP contribution in [0.2, 0.25) is 10.0 Å². The zero-order valence-corrected chi connectivity index (χ0v) is 11.8. The van der Waals surface area contributed by atoms with Crippen LogP contribution < -0.4 is 10.1 Å². The van der Waals surface area contributed by atoms with Crippen molar-refractivity contribution in [2.45, 2.75) is 19.1 Å². The van der Waals surface area contributed by atoms with Gasteiger partial charge in [0.15, 0.2) is 6.29 Å². The second-order valence-corrected chi connectivity index (χ2v) is 5.36. The van der Waals surface area contributed by atoms with Crippen molar-refractivity contribution in [3.8, 4) is 5.75 Å². The van der Waals surface area contributed by atoms with E-state index in [4.69, 9.17) is 32.7 Å². The van der Waals surface area contributed by atoms with Crippen LogP contribution in [0.1, 0.15) is 12.8 Å². The summed E-state index contributed by atoms with van der Waals surface area (Å²) < 4.78 is 11.1. The molecule has 1 fully saturated rings. The summed E-state index contributed by atoms with van der Waals surface area (Å²) in [5.41, 5.74) is 0. The molecule has 1 aliphatic rings. The largest absolute Gasteiger partial charge is 0.465 e. The molecule has 18 heavy (non-hydrogen) atoms. The Balaban J connectivity index is 1.95. The number of benzene rings is 1. The molecule has 0 saturated carbocycles. The number of hydrogen-bond donors (Lipinski definition) is 1. The molecule has 5 heteroatoms. The highest BCUT2D eigenvalue weighted by atomic mass is 35.5. The van der Waals surface area contributed by atoms with Crippen molar-refractivity contribution in [2.24, 2.45) is 5.92 Å². The van der Waals surface area contributed by atoms with Crippen molar-refractivity contribution in [1.29, 1.82) is 0 Å². The fourth-order valence-corrected chi connectivity index (χ4v) is 2.63. The Morgan fingerprint density at radius 3 is 2.61 bits per heavy atom. The lowest BCUT2D eigenvalue weighted by Gasteiger charge is -2.20. The summed E-state index contributed by atoms with van der Waals surface area (Å²) in [7, 11) is 1.65. The molecule has 0 spiro atoms. The minimum Gasteiger partial charge on any atom is -0.465 e. The molecule has 0 aliphatic carbocycles. The average Bonchev–Trinajstić information content (AvgIpc) is 2.79. The van der Waals surface area contributed by atoms with Crippen molar-refractivity contribution in [2.75, 3.05) is 20.2 Å². The number of hydrogen-bond acceptors (Lipinski definition) is 3. The Kier molecular flexibility index (Phi) is 5.13. The maximum absolute atomic E-state index is 5.93. The summed E-state index contributed by atoms with van der Waals surface area (Å²) in [6, 6.07) is 5.16. The maximum atomic E-state index is 5.93. The average molecular weight is 290 g/mol. The van der Waals surface area contributed by atoms with Gasteiger partial charge in [0.05, 0.1) is 0 Å². The van der Waals surface area contributed by atoms with Crippen LogP contribution >= 0.6 is 23.2 Å². The third-order valence-corrected chi connectivity index (χ3v) is 3.49. The Morgan fingerprint density at radius 1 is 1.33 bits per heavy atom. The Labute approximate surface area is 117 Å². The Morgan fingerprint density at radius 2 is 2.06 bits per heavy atom. The summed E-state index contributed by atoms with van der Waals surface area (Å²) >= 11 is 11.9. The van der Waals surface area contributed by atoms with Gasteiger partial charge in [0.2, 0.25) is 0 Å². The Bertz CT molecular complexity index is 374. The van der Waals surface area contributed by atoms with E-state index in [-0.39, 0.29) is 6.29 Å². The van der Waals surface area contributed by atoms with Gasteiger partial charge in [-0.2, -0.15) is 0 Å². The molecule has 0 amide bonds. The van der Waals surface area contributed by atoms with Gasteiger partial charge in [0.1, 0.15) is 5.75 Å². The van der Waals surface area contributed by atoms with Gasteiger partial charge < -0.3 is 14.8 Å². The third kappa shape index (κ3) is 4.02. The quantitative estimate of drug-likeness (QED) is 0.844. The molecule has 0 aromatic heterocycles. The zero-order valence-electron chi connectivity index (χ0n) is 10.3. The topological polar surface area (TPSA) is 30.5 Å². The molecule has 3 nitrogen and oxygen atoms in total. The van der Waals surface area contributed by atoms with E-state index in [9.17, 15) is 0 Å². The molecule has 100 valence electrons. The summed E-state index contributed by atoms with van der Waals surface area (Å²) in [5.74, 6) is 1.25. The van der Waals surface area contributed by atoms with E-state index in [0.29, 0.717) is 21.7 Å². The highest BCUT2D eigenvalue weighted by Crippen LogP contribution is 2.26. The summed E-state index contributed by atoms with van der Waals surface area (Å²) in [6.45, 7) is 2.10. The smallest absolute Gasteiger partial charge is 0.199 e. The van der Waals surface area contributed by atoms with E-state index in [1.807, 2.05) is 0 Å². The van der Waals surface area contributed by atoms with Crippen LogP contribution in [0.4, 0.5) is 0 Å². The number of nitrogens with one attached hydrogen (secondary N) is 1. The van der Waals surface area contributed by atoms with Gasteiger partial charge >= 0.3 is 0 Å². The molecule has 1 aromatic rings. The molecular weight excluding hydrogens is 273 g/mol. The normalized spacial score (nSPS) is 20.9. The molecular formula is C13H17Cl2NO2. The first-order valence-electron chi connectivity index (χ1n) is 6.03. The van der Waals surface area contributed by atoms with Gasteiger partial charge in [-0.3, -0.25) is 0 Å². The van der Waals surface area contributed by atoms with Gasteiger partial charge in [0, 0.05) is 23.6 Å². The molecule has 1 N–H and O–H groups in total. The molecule has 2 unspecified atom stereocenters. The van der Waals surface area contributed by atoms with Gasteiger partial charge in [-0.1, -0.05) is 23.2 Å². The van der Waals surface area contributed by atoms with Crippen LogP contribution in [-0.4, -0.2) is 26.5 Å². The van der Waals surface area contributed by atoms with Crippen molar-refractivity contribution >= 4 is 23.2 Å². The predicted molar refractivity (Wildman–Crippen MR) is 73.5 cm³/mol. The lowest BCUT2D eigenvalue weighted by atomic mass is 10.1. The standard InChI is InChI=1S/C13H17Cl2NO2/c1-17-13(4-9-2-3-16-8-9)18-12-6-10(14)5-11(15)7-12/h5-7,9,13,16H,2-4,8H2,1H3. The van der Waals surface area contributed by atoms with Crippen LogP contribution in [0.5, 0.6) is 5.75 Å². The van der Waals surface area contributed by atoms with Crippen molar-refractivity contribution < 1.29 is 9.47 Å². The van der Waals surface area contributed by atoms with Crippen LogP contribution in [-0.2, 0) is 4.74 Å². The maximum Gasteiger partial charge on any atom is 0.199 e. The molecule has 2 rings (SSSR count). The van der Waals surface area contributed by atoms with E-state index in [1.165, 1.54) is 6.42 Å². The number of halogens is 2. The van der Waals surface area contributed by atoms with E-state index < -0.39 is 0 Å². The van der Waals surface area contributed by atoms with E-state index in [0.717, 1.165) is 19.5 Å². The third-order valence-electron chi connectivity index (χ3n) is 3.05. The zero-order chi connectivity index (χ0) is 13.0. The fourth-order valence-electron chi connectivity index (χ4n) is 2.13. The summed E-state index contributed by atoms with van der Waals surface area (Å²) in [6.07, 6.45) is 1.78. The molecule has 0 radical (unpaired) electrons. The van der Waals surface area contributed by atoms with Gasteiger partial charge in [-0.25, -0.2) is 0 Å².